The third-order valence-electron chi connectivity index (χ3n) is 6.59. The van der Waals surface area contributed by atoms with Gasteiger partial charge in [0.1, 0.15) is 17.8 Å². The summed E-state index contributed by atoms with van der Waals surface area (Å²) in [6.45, 7) is 13.3. The molecule has 0 aliphatic heterocycles. The minimum absolute atomic E-state index is 0.105. The van der Waals surface area contributed by atoms with E-state index in [4.69, 9.17) is 10.7 Å². The van der Waals surface area contributed by atoms with Crippen LogP contribution in [-0.4, -0.2) is 49.9 Å². The molecule has 0 aromatic carbocycles. The quantitative estimate of drug-likeness (QED) is 0.386. The van der Waals surface area contributed by atoms with Gasteiger partial charge in [-0.05, 0) is 63.5 Å². The molecule has 1 fully saturated rings. The van der Waals surface area contributed by atoms with E-state index in [-0.39, 0.29) is 12.0 Å². The predicted octanol–water partition coefficient (Wildman–Crippen LogP) is 4.93. The predicted molar refractivity (Wildman–Crippen MR) is 153 cm³/mol. The number of nitrogens with one attached hydrogen (secondary N) is 1. The van der Waals surface area contributed by atoms with Gasteiger partial charge in [0.15, 0.2) is 17.5 Å². The second-order valence-corrected chi connectivity index (χ2v) is 9.62. The number of aryl methyl sites for hydroxylation is 1. The molecule has 0 saturated heterocycles. The standard InChI is InChI=1S/C28H36N10/c1-6-38(16-20-14-32-19(4)33-15-20)28-26(30-5)27(34-17-35-28)36-21-10-11-23(22(13-21)25(29)18(2)3)37-24-9-7-8-12-31-24/h7-9,12,14-15,17-18,21H,5-6,10-11,13,16,29H2,1-4H3,(H,34,35,36). The number of rotatable bonds is 9. The van der Waals surface area contributed by atoms with E-state index in [0.717, 1.165) is 54.2 Å². The molecule has 10 nitrogen and oxygen atoms in total. The molecule has 198 valence electrons. The van der Waals surface area contributed by atoms with Crippen LogP contribution in [0, 0.1) is 12.8 Å². The summed E-state index contributed by atoms with van der Waals surface area (Å²) in [5.41, 5.74) is 11.1. The normalized spacial score (nSPS) is 17.9. The Bertz CT molecular complexity index is 1300. The van der Waals surface area contributed by atoms with Crippen LogP contribution >= 0.6 is 0 Å². The average molecular weight is 513 g/mol. The van der Waals surface area contributed by atoms with Crippen LogP contribution in [0.2, 0.25) is 0 Å². The summed E-state index contributed by atoms with van der Waals surface area (Å²) in [6.07, 6.45) is 9.37. The van der Waals surface area contributed by atoms with Gasteiger partial charge in [0.25, 0.3) is 0 Å². The van der Waals surface area contributed by atoms with E-state index in [1.54, 1.807) is 12.5 Å². The van der Waals surface area contributed by atoms with Crippen molar-refractivity contribution in [1.82, 2.24) is 24.9 Å². The Labute approximate surface area is 224 Å². The van der Waals surface area contributed by atoms with Crippen molar-refractivity contribution in [2.75, 3.05) is 16.8 Å². The zero-order valence-corrected chi connectivity index (χ0v) is 22.6. The topological polar surface area (TPSA) is 130 Å². The van der Waals surface area contributed by atoms with Crippen LogP contribution in [0.3, 0.4) is 0 Å². The molecule has 1 unspecified atom stereocenters. The molecular weight excluding hydrogens is 476 g/mol. The van der Waals surface area contributed by atoms with Crippen molar-refractivity contribution in [2.24, 2.45) is 21.6 Å². The highest BCUT2D eigenvalue weighted by Gasteiger charge is 2.27. The van der Waals surface area contributed by atoms with Crippen LogP contribution in [0.1, 0.15) is 51.4 Å². The van der Waals surface area contributed by atoms with Crippen molar-refractivity contribution in [1.29, 1.82) is 0 Å². The van der Waals surface area contributed by atoms with Gasteiger partial charge < -0.3 is 16.0 Å². The van der Waals surface area contributed by atoms with Gasteiger partial charge in [0, 0.05) is 54.7 Å². The number of allylic oxidation sites excluding steroid dienone is 1. The van der Waals surface area contributed by atoms with E-state index in [1.165, 1.54) is 0 Å². The van der Waals surface area contributed by atoms with Crippen LogP contribution in [0.15, 0.2) is 64.4 Å². The molecule has 3 heterocycles. The van der Waals surface area contributed by atoms with Gasteiger partial charge in [-0.15, -0.1) is 0 Å². The Morgan fingerprint density at radius 1 is 1.18 bits per heavy atom. The molecule has 3 aromatic rings. The first kappa shape index (κ1) is 26.8. The largest absolute Gasteiger partial charge is 0.402 e. The van der Waals surface area contributed by atoms with Gasteiger partial charge in [-0.1, -0.05) is 19.9 Å². The molecule has 1 aliphatic rings. The third-order valence-corrected chi connectivity index (χ3v) is 6.59. The molecular formula is C28H36N10. The zero-order chi connectivity index (χ0) is 27.1. The number of nitrogens with zero attached hydrogens (tertiary/aromatic N) is 8. The fourth-order valence-corrected chi connectivity index (χ4v) is 4.47. The number of nitrogens with two attached hydrogens (primary N) is 1. The first-order valence-corrected chi connectivity index (χ1v) is 13.0. The summed E-state index contributed by atoms with van der Waals surface area (Å²) in [4.78, 5) is 33.4. The van der Waals surface area contributed by atoms with Gasteiger partial charge in [-0.2, -0.15) is 0 Å². The first-order valence-electron chi connectivity index (χ1n) is 13.0. The van der Waals surface area contributed by atoms with Crippen molar-refractivity contribution in [3.8, 4) is 0 Å². The van der Waals surface area contributed by atoms with E-state index in [2.05, 4.69) is 67.6 Å². The van der Waals surface area contributed by atoms with Crippen molar-refractivity contribution in [2.45, 2.75) is 59.5 Å². The monoisotopic (exact) mass is 512 g/mol. The van der Waals surface area contributed by atoms with Gasteiger partial charge in [-0.3, -0.25) is 4.99 Å². The second kappa shape index (κ2) is 12.4. The van der Waals surface area contributed by atoms with Crippen LogP contribution in [-0.2, 0) is 6.54 Å². The van der Waals surface area contributed by atoms with Crippen molar-refractivity contribution in [3.63, 3.8) is 0 Å². The van der Waals surface area contributed by atoms with E-state index < -0.39 is 0 Å². The summed E-state index contributed by atoms with van der Waals surface area (Å²) in [6, 6.07) is 5.84. The minimum atomic E-state index is 0.105. The van der Waals surface area contributed by atoms with Crippen molar-refractivity contribution < 1.29 is 0 Å². The molecule has 0 spiro atoms. The molecule has 1 aliphatic carbocycles. The van der Waals surface area contributed by atoms with Gasteiger partial charge in [-0.25, -0.2) is 29.9 Å². The van der Waals surface area contributed by atoms with Gasteiger partial charge in [0.05, 0.1) is 0 Å². The second-order valence-electron chi connectivity index (χ2n) is 9.62. The van der Waals surface area contributed by atoms with Gasteiger partial charge in [0.2, 0.25) is 0 Å². The lowest BCUT2D eigenvalue weighted by atomic mass is 9.85. The number of aliphatic imine (C=N–C) groups is 2. The number of hydrogen-bond donors (Lipinski definition) is 2. The molecule has 4 rings (SSSR count). The van der Waals surface area contributed by atoms with Crippen LogP contribution in [0.4, 0.5) is 23.1 Å². The summed E-state index contributed by atoms with van der Waals surface area (Å²) >= 11 is 0. The minimum Gasteiger partial charge on any atom is -0.402 e. The number of anilines is 2. The highest BCUT2D eigenvalue weighted by molar-refractivity contribution is 6.03. The molecule has 3 aromatic heterocycles. The SMILES string of the molecule is C=Nc1c(NC2CCC(=Nc3ccccn3)C(=C(N)C(C)C)C2)ncnc1N(CC)Cc1cnc(C)nc1. The summed E-state index contributed by atoms with van der Waals surface area (Å²) in [5.74, 6) is 3.01. The summed E-state index contributed by atoms with van der Waals surface area (Å²) in [7, 11) is 0. The Morgan fingerprint density at radius 3 is 2.63 bits per heavy atom. The number of aromatic nitrogens is 5. The lowest BCUT2D eigenvalue weighted by Gasteiger charge is -2.30. The van der Waals surface area contributed by atoms with Crippen molar-refractivity contribution >= 4 is 35.6 Å². The Hall–Kier alpha value is -4.21. The average Bonchev–Trinajstić information content (AvgIpc) is 2.93. The molecule has 0 bridgehead atoms. The highest BCUT2D eigenvalue weighted by Crippen LogP contribution is 2.35. The molecule has 0 amide bonds. The number of pyridine rings is 1. The molecule has 1 saturated carbocycles. The third kappa shape index (κ3) is 6.37. The van der Waals surface area contributed by atoms with Crippen molar-refractivity contribution in [3.05, 3.63) is 65.8 Å². The van der Waals surface area contributed by atoms with Crippen LogP contribution in [0.25, 0.3) is 0 Å². The summed E-state index contributed by atoms with van der Waals surface area (Å²) < 4.78 is 0. The molecule has 0 radical (unpaired) electrons. The first-order chi connectivity index (χ1) is 18.4. The van der Waals surface area contributed by atoms with E-state index in [9.17, 15) is 0 Å². The molecule has 10 heteroatoms. The fraction of sp³-hybridized carbons (Fsp3) is 0.393. The van der Waals surface area contributed by atoms with E-state index >= 15 is 0 Å². The van der Waals surface area contributed by atoms with Crippen LogP contribution in [0.5, 0.6) is 0 Å². The fourth-order valence-electron chi connectivity index (χ4n) is 4.47. The maximum atomic E-state index is 6.59. The molecule has 3 N–H and O–H groups in total. The van der Waals surface area contributed by atoms with E-state index in [0.29, 0.717) is 29.7 Å². The Morgan fingerprint density at radius 2 is 1.97 bits per heavy atom. The maximum Gasteiger partial charge on any atom is 0.160 e. The lowest BCUT2D eigenvalue weighted by Crippen LogP contribution is -2.31. The Balaban J connectivity index is 1.59. The maximum absolute atomic E-state index is 6.59. The zero-order valence-electron chi connectivity index (χ0n) is 22.6. The molecule has 1 atom stereocenters. The molecule has 38 heavy (non-hydrogen) atoms. The highest BCUT2D eigenvalue weighted by atomic mass is 15.2. The summed E-state index contributed by atoms with van der Waals surface area (Å²) in [5, 5.41) is 3.60. The van der Waals surface area contributed by atoms with Gasteiger partial charge >= 0.3 is 0 Å². The smallest absolute Gasteiger partial charge is 0.160 e. The lowest BCUT2D eigenvalue weighted by molar-refractivity contribution is 0.626. The van der Waals surface area contributed by atoms with E-state index in [1.807, 2.05) is 37.5 Å². The number of hydrogen-bond acceptors (Lipinski definition) is 10. The van der Waals surface area contributed by atoms with Crippen LogP contribution < -0.4 is 16.0 Å². The Kier molecular flexibility index (Phi) is 8.73.